The minimum atomic E-state index is -0.238. The Morgan fingerprint density at radius 3 is 2.91 bits per heavy atom. The van der Waals surface area contributed by atoms with E-state index >= 15 is 0 Å². The molecular weight excluding hydrogens is 288 g/mol. The topological polar surface area (TPSA) is 65.9 Å². The maximum absolute atomic E-state index is 11.9. The number of nitriles is 1. The average Bonchev–Trinajstić information content (AvgIpc) is 3.01. The zero-order valence-electron chi connectivity index (χ0n) is 12.6. The standard InChI is InChI=1S/C19H16N2O2/c20-11-14-4-3-5-15(10-14)13-23-19(22)9-8-16-12-21-18-7-2-1-6-17(16)18/h1-7,10,12,21H,8-9,13H2. The molecule has 1 N–H and O–H groups in total. The lowest BCUT2D eigenvalue weighted by Crippen LogP contribution is -2.06. The van der Waals surface area contributed by atoms with Gasteiger partial charge in [0.1, 0.15) is 6.61 Å². The van der Waals surface area contributed by atoms with Crippen LogP contribution in [0.1, 0.15) is 23.1 Å². The number of hydrogen-bond acceptors (Lipinski definition) is 3. The highest BCUT2D eigenvalue weighted by atomic mass is 16.5. The fourth-order valence-corrected chi connectivity index (χ4v) is 2.54. The second-order valence-electron chi connectivity index (χ2n) is 5.33. The van der Waals surface area contributed by atoms with Crippen molar-refractivity contribution >= 4 is 16.9 Å². The third-order valence-corrected chi connectivity index (χ3v) is 3.73. The number of carbonyl (C=O) groups excluding carboxylic acids is 1. The summed E-state index contributed by atoms with van der Waals surface area (Å²) in [5.74, 6) is -0.238. The molecule has 1 heterocycles. The minimum Gasteiger partial charge on any atom is -0.461 e. The third kappa shape index (κ3) is 3.58. The molecule has 0 bridgehead atoms. The molecule has 0 aliphatic carbocycles. The van der Waals surface area contributed by atoms with Gasteiger partial charge in [-0.3, -0.25) is 4.79 Å². The number of H-pyrrole nitrogens is 1. The molecule has 0 unspecified atom stereocenters. The predicted octanol–water partition coefficient (Wildman–Crippen LogP) is 3.72. The number of carbonyl (C=O) groups is 1. The Hall–Kier alpha value is -3.06. The van der Waals surface area contributed by atoms with Gasteiger partial charge < -0.3 is 9.72 Å². The molecule has 4 heteroatoms. The van der Waals surface area contributed by atoms with Crippen molar-refractivity contribution in [1.82, 2.24) is 4.98 Å². The Morgan fingerprint density at radius 1 is 1.17 bits per heavy atom. The summed E-state index contributed by atoms with van der Waals surface area (Å²) in [6, 6.07) is 17.2. The first kappa shape index (κ1) is 14.9. The summed E-state index contributed by atoms with van der Waals surface area (Å²) in [6.07, 6.45) is 2.91. The molecule has 0 amide bonds. The van der Waals surface area contributed by atoms with Gasteiger partial charge in [-0.2, -0.15) is 5.26 Å². The van der Waals surface area contributed by atoms with Crippen LogP contribution in [-0.4, -0.2) is 11.0 Å². The number of benzene rings is 2. The number of nitrogens with one attached hydrogen (secondary N) is 1. The quantitative estimate of drug-likeness (QED) is 0.731. The normalized spacial score (nSPS) is 10.4. The first-order valence-electron chi connectivity index (χ1n) is 7.46. The molecule has 23 heavy (non-hydrogen) atoms. The van der Waals surface area contributed by atoms with E-state index in [0.717, 1.165) is 22.0 Å². The van der Waals surface area contributed by atoms with Crippen LogP contribution in [0.5, 0.6) is 0 Å². The molecule has 0 fully saturated rings. The molecule has 2 aromatic carbocycles. The van der Waals surface area contributed by atoms with Gasteiger partial charge in [-0.1, -0.05) is 30.3 Å². The van der Waals surface area contributed by atoms with Gasteiger partial charge in [0.15, 0.2) is 0 Å². The van der Waals surface area contributed by atoms with Crippen molar-refractivity contribution in [3.05, 3.63) is 71.4 Å². The molecule has 0 atom stereocenters. The first-order valence-corrected chi connectivity index (χ1v) is 7.46. The van der Waals surface area contributed by atoms with Crippen LogP contribution < -0.4 is 0 Å². The van der Waals surface area contributed by atoms with Crippen molar-refractivity contribution in [1.29, 1.82) is 5.26 Å². The van der Waals surface area contributed by atoms with Gasteiger partial charge in [-0.05, 0) is 35.7 Å². The van der Waals surface area contributed by atoms with Crippen LogP contribution in [0.2, 0.25) is 0 Å². The van der Waals surface area contributed by atoms with Crippen molar-refractivity contribution in [3.8, 4) is 6.07 Å². The van der Waals surface area contributed by atoms with E-state index in [1.807, 2.05) is 36.5 Å². The SMILES string of the molecule is N#Cc1cccc(COC(=O)CCc2c[nH]c3ccccc23)c1. The molecule has 0 saturated carbocycles. The predicted molar refractivity (Wildman–Crippen MR) is 87.6 cm³/mol. The van der Waals surface area contributed by atoms with E-state index in [9.17, 15) is 4.79 Å². The van der Waals surface area contributed by atoms with E-state index in [2.05, 4.69) is 11.1 Å². The number of esters is 1. The largest absolute Gasteiger partial charge is 0.461 e. The van der Waals surface area contributed by atoms with Crippen molar-refractivity contribution in [2.75, 3.05) is 0 Å². The zero-order valence-corrected chi connectivity index (χ0v) is 12.6. The smallest absolute Gasteiger partial charge is 0.306 e. The second-order valence-corrected chi connectivity index (χ2v) is 5.33. The van der Waals surface area contributed by atoms with E-state index in [-0.39, 0.29) is 12.6 Å². The van der Waals surface area contributed by atoms with Crippen molar-refractivity contribution in [2.45, 2.75) is 19.4 Å². The molecular formula is C19H16N2O2. The number of hydrogen-bond donors (Lipinski definition) is 1. The molecule has 0 aliphatic heterocycles. The summed E-state index contributed by atoms with van der Waals surface area (Å²) < 4.78 is 5.28. The number of rotatable bonds is 5. The van der Waals surface area contributed by atoms with E-state index in [4.69, 9.17) is 10.00 Å². The molecule has 3 rings (SSSR count). The van der Waals surface area contributed by atoms with Crippen LogP contribution >= 0.6 is 0 Å². The average molecular weight is 304 g/mol. The Bertz CT molecular complexity index is 874. The van der Waals surface area contributed by atoms with Gasteiger partial charge in [0.25, 0.3) is 0 Å². The summed E-state index contributed by atoms with van der Waals surface area (Å²) in [5.41, 5.74) is 3.58. The maximum Gasteiger partial charge on any atom is 0.306 e. The molecule has 114 valence electrons. The molecule has 0 radical (unpaired) electrons. The lowest BCUT2D eigenvalue weighted by Gasteiger charge is -2.05. The fraction of sp³-hybridized carbons (Fsp3) is 0.158. The summed E-state index contributed by atoms with van der Waals surface area (Å²) in [4.78, 5) is 15.1. The highest BCUT2D eigenvalue weighted by Crippen LogP contribution is 2.19. The first-order chi connectivity index (χ1) is 11.3. The summed E-state index contributed by atoms with van der Waals surface area (Å²) in [7, 11) is 0. The van der Waals surface area contributed by atoms with Gasteiger partial charge >= 0.3 is 5.97 Å². The Labute approximate surface area is 134 Å². The molecule has 0 saturated heterocycles. The fourth-order valence-electron chi connectivity index (χ4n) is 2.54. The monoisotopic (exact) mass is 304 g/mol. The van der Waals surface area contributed by atoms with Crippen LogP contribution in [0, 0.1) is 11.3 Å². The summed E-state index contributed by atoms with van der Waals surface area (Å²) in [5, 5.41) is 10.00. The third-order valence-electron chi connectivity index (χ3n) is 3.73. The number of fused-ring (bicyclic) bond motifs is 1. The Kier molecular flexibility index (Phi) is 4.39. The molecule has 0 spiro atoms. The highest BCUT2D eigenvalue weighted by Gasteiger charge is 2.08. The van der Waals surface area contributed by atoms with Crippen molar-refractivity contribution in [3.63, 3.8) is 0 Å². The lowest BCUT2D eigenvalue weighted by molar-refractivity contribution is -0.144. The summed E-state index contributed by atoms with van der Waals surface area (Å²) >= 11 is 0. The van der Waals surface area contributed by atoms with E-state index in [0.29, 0.717) is 18.4 Å². The zero-order chi connectivity index (χ0) is 16.1. The van der Waals surface area contributed by atoms with Gasteiger partial charge in [-0.25, -0.2) is 0 Å². The number of nitrogens with zero attached hydrogens (tertiary/aromatic N) is 1. The number of aryl methyl sites for hydroxylation is 1. The van der Waals surface area contributed by atoms with Crippen LogP contribution in [0.15, 0.2) is 54.7 Å². The van der Waals surface area contributed by atoms with E-state index < -0.39 is 0 Å². The minimum absolute atomic E-state index is 0.197. The number of ether oxygens (including phenoxy) is 1. The van der Waals surface area contributed by atoms with Crippen LogP contribution in [-0.2, 0) is 22.6 Å². The van der Waals surface area contributed by atoms with Crippen LogP contribution in [0.4, 0.5) is 0 Å². The lowest BCUT2D eigenvalue weighted by atomic mass is 10.1. The van der Waals surface area contributed by atoms with Gasteiger partial charge in [0, 0.05) is 23.5 Å². The molecule has 0 aliphatic rings. The molecule has 1 aromatic heterocycles. The maximum atomic E-state index is 11.9. The Balaban J connectivity index is 1.54. The van der Waals surface area contributed by atoms with Crippen molar-refractivity contribution in [2.24, 2.45) is 0 Å². The van der Waals surface area contributed by atoms with Crippen LogP contribution in [0.25, 0.3) is 10.9 Å². The van der Waals surface area contributed by atoms with Crippen LogP contribution in [0.3, 0.4) is 0 Å². The van der Waals surface area contributed by atoms with Gasteiger partial charge in [0.05, 0.1) is 11.6 Å². The summed E-state index contributed by atoms with van der Waals surface area (Å²) in [6.45, 7) is 0.197. The van der Waals surface area contributed by atoms with Gasteiger partial charge in [0.2, 0.25) is 0 Å². The highest BCUT2D eigenvalue weighted by molar-refractivity contribution is 5.83. The molecule has 4 nitrogen and oxygen atoms in total. The number of aromatic amines is 1. The number of para-hydroxylation sites is 1. The second kappa shape index (κ2) is 6.80. The van der Waals surface area contributed by atoms with Gasteiger partial charge in [-0.15, -0.1) is 0 Å². The Morgan fingerprint density at radius 2 is 2.04 bits per heavy atom. The molecule has 3 aromatic rings. The number of aromatic nitrogens is 1. The van der Waals surface area contributed by atoms with E-state index in [1.165, 1.54) is 0 Å². The van der Waals surface area contributed by atoms with Crippen molar-refractivity contribution < 1.29 is 9.53 Å². The van der Waals surface area contributed by atoms with E-state index in [1.54, 1.807) is 18.2 Å².